The van der Waals surface area contributed by atoms with Crippen LogP contribution in [0, 0.1) is 0 Å². The van der Waals surface area contributed by atoms with Gasteiger partial charge < -0.3 is 9.52 Å². The van der Waals surface area contributed by atoms with Crippen LogP contribution in [0.4, 0.5) is 0 Å². The van der Waals surface area contributed by atoms with Crippen LogP contribution in [0.25, 0.3) is 11.1 Å². The maximum atomic E-state index is 8.90. The Hall–Kier alpha value is -1.35. The Balaban J connectivity index is 2.57. The molecule has 0 atom stereocenters. The fourth-order valence-electron chi connectivity index (χ4n) is 1.27. The van der Waals surface area contributed by atoms with Gasteiger partial charge in [-0.05, 0) is 17.7 Å². The number of nitrogens with zero attached hydrogens (tertiary/aromatic N) is 1. The van der Waals surface area contributed by atoms with E-state index in [1.807, 2.05) is 25.1 Å². The molecule has 0 unspecified atom stereocenters. The van der Waals surface area contributed by atoms with Gasteiger partial charge in [0.2, 0.25) is 0 Å². The molecule has 0 aliphatic rings. The Morgan fingerprint density at radius 1 is 1.46 bits per heavy atom. The van der Waals surface area contributed by atoms with Gasteiger partial charge in [-0.25, -0.2) is 4.98 Å². The summed E-state index contributed by atoms with van der Waals surface area (Å²) in [5.74, 6) is 0.741. The Morgan fingerprint density at radius 2 is 2.31 bits per heavy atom. The molecule has 3 heteroatoms. The second kappa shape index (κ2) is 3.18. The second-order valence-electron chi connectivity index (χ2n) is 2.92. The van der Waals surface area contributed by atoms with E-state index in [2.05, 4.69) is 4.98 Å². The van der Waals surface area contributed by atoms with Gasteiger partial charge in [0, 0.05) is 6.42 Å². The molecular weight excluding hydrogens is 166 g/mol. The fraction of sp³-hybridized carbons (Fsp3) is 0.300. The summed E-state index contributed by atoms with van der Waals surface area (Å²) in [6, 6.07) is 5.54. The zero-order valence-electron chi connectivity index (χ0n) is 7.45. The number of rotatable bonds is 2. The molecule has 0 spiro atoms. The first-order valence-corrected chi connectivity index (χ1v) is 4.32. The number of hydrogen-bond acceptors (Lipinski definition) is 3. The van der Waals surface area contributed by atoms with E-state index in [4.69, 9.17) is 9.52 Å². The van der Waals surface area contributed by atoms with Crippen molar-refractivity contribution in [3.63, 3.8) is 0 Å². The van der Waals surface area contributed by atoms with Gasteiger partial charge in [0.1, 0.15) is 5.52 Å². The van der Waals surface area contributed by atoms with Crippen LogP contribution >= 0.6 is 0 Å². The zero-order valence-corrected chi connectivity index (χ0v) is 7.45. The highest BCUT2D eigenvalue weighted by Crippen LogP contribution is 2.17. The minimum atomic E-state index is 0.0398. The Morgan fingerprint density at radius 3 is 3.00 bits per heavy atom. The van der Waals surface area contributed by atoms with E-state index < -0.39 is 0 Å². The summed E-state index contributed by atoms with van der Waals surface area (Å²) in [5.41, 5.74) is 2.46. The molecule has 0 aliphatic carbocycles. The molecule has 0 saturated heterocycles. The third-order valence-electron chi connectivity index (χ3n) is 1.98. The van der Waals surface area contributed by atoms with E-state index in [1.165, 1.54) is 0 Å². The predicted molar refractivity (Wildman–Crippen MR) is 49.3 cm³/mol. The van der Waals surface area contributed by atoms with Crippen molar-refractivity contribution in [3.8, 4) is 0 Å². The number of benzene rings is 1. The van der Waals surface area contributed by atoms with Crippen LogP contribution in [0.15, 0.2) is 22.6 Å². The molecule has 1 N–H and O–H groups in total. The summed E-state index contributed by atoms with van der Waals surface area (Å²) < 4.78 is 5.44. The number of hydrogen-bond donors (Lipinski definition) is 1. The predicted octanol–water partition coefficient (Wildman–Crippen LogP) is 1.88. The summed E-state index contributed by atoms with van der Waals surface area (Å²) in [5, 5.41) is 8.90. The highest BCUT2D eigenvalue weighted by molar-refractivity contribution is 5.73. The fourth-order valence-corrected chi connectivity index (χ4v) is 1.27. The topological polar surface area (TPSA) is 46.3 Å². The normalized spacial score (nSPS) is 10.9. The van der Waals surface area contributed by atoms with Crippen LogP contribution in [0.3, 0.4) is 0 Å². The van der Waals surface area contributed by atoms with Crippen molar-refractivity contribution in [1.29, 1.82) is 0 Å². The lowest BCUT2D eigenvalue weighted by Gasteiger charge is -1.92. The van der Waals surface area contributed by atoms with Crippen molar-refractivity contribution < 1.29 is 9.52 Å². The van der Waals surface area contributed by atoms with Crippen LogP contribution in [-0.4, -0.2) is 10.1 Å². The molecule has 2 rings (SSSR count). The van der Waals surface area contributed by atoms with Gasteiger partial charge in [-0.2, -0.15) is 0 Å². The molecule has 1 heterocycles. The molecule has 0 bridgehead atoms. The molecule has 1 aromatic heterocycles. The van der Waals surface area contributed by atoms with Gasteiger partial charge >= 0.3 is 0 Å². The van der Waals surface area contributed by atoms with E-state index in [9.17, 15) is 0 Å². The van der Waals surface area contributed by atoms with Crippen molar-refractivity contribution >= 4 is 11.1 Å². The first kappa shape index (κ1) is 8.26. The van der Waals surface area contributed by atoms with Gasteiger partial charge in [-0.3, -0.25) is 0 Å². The average molecular weight is 177 g/mol. The third-order valence-corrected chi connectivity index (χ3v) is 1.98. The molecule has 0 saturated carbocycles. The molecule has 0 fully saturated rings. The lowest BCUT2D eigenvalue weighted by atomic mass is 10.2. The van der Waals surface area contributed by atoms with Gasteiger partial charge in [-0.1, -0.05) is 13.0 Å². The largest absolute Gasteiger partial charge is 0.441 e. The first-order valence-electron chi connectivity index (χ1n) is 4.32. The van der Waals surface area contributed by atoms with Gasteiger partial charge in [0.15, 0.2) is 11.5 Å². The number of aliphatic hydroxyl groups is 1. The number of aromatic nitrogens is 1. The SMILES string of the molecule is CCc1nc2ccc(CO)cc2o1. The molecule has 0 radical (unpaired) electrons. The van der Waals surface area contributed by atoms with E-state index in [0.29, 0.717) is 0 Å². The number of oxazole rings is 1. The van der Waals surface area contributed by atoms with E-state index in [-0.39, 0.29) is 6.61 Å². The maximum Gasteiger partial charge on any atom is 0.195 e. The summed E-state index contributed by atoms with van der Waals surface area (Å²) in [7, 11) is 0. The maximum absolute atomic E-state index is 8.90. The lowest BCUT2D eigenvalue weighted by molar-refractivity contribution is 0.282. The van der Waals surface area contributed by atoms with Gasteiger partial charge in [0.25, 0.3) is 0 Å². The van der Waals surface area contributed by atoms with Crippen LogP contribution in [0.2, 0.25) is 0 Å². The van der Waals surface area contributed by atoms with Crippen molar-refractivity contribution in [2.75, 3.05) is 0 Å². The van der Waals surface area contributed by atoms with E-state index in [0.717, 1.165) is 29.0 Å². The molecule has 13 heavy (non-hydrogen) atoms. The highest BCUT2D eigenvalue weighted by atomic mass is 16.3. The molecule has 1 aromatic carbocycles. The summed E-state index contributed by atoms with van der Waals surface area (Å²) in [4.78, 5) is 4.26. The monoisotopic (exact) mass is 177 g/mol. The van der Waals surface area contributed by atoms with Crippen LogP contribution in [0.1, 0.15) is 18.4 Å². The van der Waals surface area contributed by atoms with Crippen molar-refractivity contribution in [2.45, 2.75) is 20.0 Å². The quantitative estimate of drug-likeness (QED) is 0.761. The summed E-state index contributed by atoms with van der Waals surface area (Å²) >= 11 is 0. The minimum Gasteiger partial charge on any atom is -0.441 e. The van der Waals surface area contributed by atoms with Crippen molar-refractivity contribution in [2.24, 2.45) is 0 Å². The molecule has 2 aromatic rings. The van der Waals surface area contributed by atoms with Gasteiger partial charge in [0.05, 0.1) is 6.61 Å². The Kier molecular flexibility index (Phi) is 2.02. The summed E-state index contributed by atoms with van der Waals surface area (Å²) in [6.07, 6.45) is 0.795. The van der Waals surface area contributed by atoms with Gasteiger partial charge in [-0.15, -0.1) is 0 Å². The Bertz CT molecular complexity index is 418. The molecule has 0 aliphatic heterocycles. The molecule has 68 valence electrons. The first-order chi connectivity index (χ1) is 6.33. The van der Waals surface area contributed by atoms with Crippen LogP contribution < -0.4 is 0 Å². The van der Waals surface area contributed by atoms with Crippen molar-refractivity contribution in [3.05, 3.63) is 29.7 Å². The highest BCUT2D eigenvalue weighted by Gasteiger charge is 2.03. The molecule has 3 nitrogen and oxygen atoms in total. The Labute approximate surface area is 76.0 Å². The van der Waals surface area contributed by atoms with Crippen LogP contribution in [-0.2, 0) is 13.0 Å². The zero-order chi connectivity index (χ0) is 9.26. The number of aliphatic hydroxyl groups excluding tert-OH is 1. The minimum absolute atomic E-state index is 0.0398. The molecular formula is C10H11NO2. The standard InChI is InChI=1S/C10H11NO2/c1-2-10-11-8-4-3-7(6-12)5-9(8)13-10/h3-5,12H,2,6H2,1H3. The van der Waals surface area contributed by atoms with E-state index >= 15 is 0 Å². The van der Waals surface area contributed by atoms with E-state index in [1.54, 1.807) is 0 Å². The summed E-state index contributed by atoms with van der Waals surface area (Å²) in [6.45, 7) is 2.04. The molecule has 0 amide bonds. The third kappa shape index (κ3) is 1.42. The number of fused-ring (bicyclic) bond motifs is 1. The number of aryl methyl sites for hydroxylation is 1. The average Bonchev–Trinajstić information content (AvgIpc) is 2.58. The second-order valence-corrected chi connectivity index (χ2v) is 2.92. The smallest absolute Gasteiger partial charge is 0.195 e. The van der Waals surface area contributed by atoms with Crippen LogP contribution in [0.5, 0.6) is 0 Å². The lowest BCUT2D eigenvalue weighted by Crippen LogP contribution is -1.80. The van der Waals surface area contributed by atoms with Crippen molar-refractivity contribution in [1.82, 2.24) is 4.98 Å².